The molecule has 1 heterocycles. The van der Waals surface area contributed by atoms with Crippen molar-refractivity contribution in [3.8, 4) is 0 Å². The molecule has 1 aliphatic heterocycles. The van der Waals surface area contributed by atoms with E-state index in [-0.39, 0.29) is 17.2 Å². The lowest BCUT2D eigenvalue weighted by Gasteiger charge is -2.32. The number of nitrogens with zero attached hydrogens (tertiary/aromatic N) is 1. The number of carbonyl (C=O) groups excluding carboxylic acids is 2. The molecule has 1 aliphatic rings. The Morgan fingerprint density at radius 3 is 2.67 bits per heavy atom. The zero-order valence-electron chi connectivity index (χ0n) is 12.6. The number of nitrogens with one attached hydrogen (secondary N) is 1. The highest BCUT2D eigenvalue weighted by atomic mass is 35.5. The SMILES string of the molecule is CC(C)(C)C1NC(=O)CCN(Cc2cccc(Cl)c2)C1=O. The van der Waals surface area contributed by atoms with Crippen LogP contribution in [0, 0.1) is 5.41 Å². The van der Waals surface area contributed by atoms with Crippen LogP contribution in [0.3, 0.4) is 0 Å². The van der Waals surface area contributed by atoms with Crippen molar-refractivity contribution in [3.05, 3.63) is 34.9 Å². The van der Waals surface area contributed by atoms with Crippen molar-refractivity contribution in [2.45, 2.75) is 39.8 Å². The van der Waals surface area contributed by atoms with Crippen LogP contribution in [0.1, 0.15) is 32.8 Å². The summed E-state index contributed by atoms with van der Waals surface area (Å²) in [5.41, 5.74) is 0.654. The van der Waals surface area contributed by atoms with Gasteiger partial charge in [0.15, 0.2) is 0 Å². The third kappa shape index (κ3) is 3.97. The van der Waals surface area contributed by atoms with E-state index in [0.717, 1.165) is 5.56 Å². The van der Waals surface area contributed by atoms with E-state index in [1.165, 1.54) is 0 Å². The van der Waals surface area contributed by atoms with Gasteiger partial charge < -0.3 is 10.2 Å². The molecule has 1 atom stereocenters. The minimum Gasteiger partial charge on any atom is -0.344 e. The summed E-state index contributed by atoms with van der Waals surface area (Å²) in [4.78, 5) is 26.3. The van der Waals surface area contributed by atoms with Crippen LogP contribution in [-0.4, -0.2) is 29.3 Å². The van der Waals surface area contributed by atoms with Gasteiger partial charge in [-0.1, -0.05) is 44.5 Å². The minimum atomic E-state index is -0.494. The summed E-state index contributed by atoms with van der Waals surface area (Å²) in [6.45, 7) is 6.78. The number of benzene rings is 1. The molecule has 1 N–H and O–H groups in total. The molecular formula is C16H21ClN2O2. The fraction of sp³-hybridized carbons (Fsp3) is 0.500. The molecule has 0 bridgehead atoms. The first-order valence-electron chi connectivity index (χ1n) is 7.10. The van der Waals surface area contributed by atoms with Crippen LogP contribution in [0.15, 0.2) is 24.3 Å². The molecule has 1 fully saturated rings. The number of amides is 2. The van der Waals surface area contributed by atoms with Crippen LogP contribution in [-0.2, 0) is 16.1 Å². The third-order valence-electron chi connectivity index (χ3n) is 3.60. The normalized spacial score (nSPS) is 20.2. The molecule has 2 rings (SSSR count). The van der Waals surface area contributed by atoms with Crippen molar-refractivity contribution in [1.82, 2.24) is 10.2 Å². The second-order valence-corrected chi connectivity index (χ2v) is 6.94. The van der Waals surface area contributed by atoms with Crippen molar-refractivity contribution < 1.29 is 9.59 Å². The average molecular weight is 309 g/mol. The third-order valence-corrected chi connectivity index (χ3v) is 3.84. The van der Waals surface area contributed by atoms with Crippen LogP contribution in [0.2, 0.25) is 5.02 Å². The highest BCUT2D eigenvalue weighted by Crippen LogP contribution is 2.24. The van der Waals surface area contributed by atoms with Gasteiger partial charge in [-0.15, -0.1) is 0 Å². The van der Waals surface area contributed by atoms with Gasteiger partial charge in [0.2, 0.25) is 11.8 Å². The van der Waals surface area contributed by atoms with E-state index in [4.69, 9.17) is 11.6 Å². The monoisotopic (exact) mass is 308 g/mol. The standard InChI is InChI=1S/C16H21ClN2O2/c1-16(2,3)14-15(21)19(8-7-13(20)18-14)10-11-5-4-6-12(17)9-11/h4-6,9,14H,7-8,10H2,1-3H3,(H,18,20). The summed E-state index contributed by atoms with van der Waals surface area (Å²) in [6, 6.07) is 6.96. The van der Waals surface area contributed by atoms with E-state index >= 15 is 0 Å². The molecule has 21 heavy (non-hydrogen) atoms. The Kier molecular flexibility index (Phi) is 4.57. The maximum absolute atomic E-state index is 12.7. The maximum atomic E-state index is 12.7. The van der Waals surface area contributed by atoms with Crippen LogP contribution < -0.4 is 5.32 Å². The van der Waals surface area contributed by atoms with E-state index in [1.54, 1.807) is 11.0 Å². The van der Waals surface area contributed by atoms with Crippen LogP contribution in [0.5, 0.6) is 0 Å². The van der Waals surface area contributed by atoms with E-state index in [2.05, 4.69) is 5.32 Å². The molecule has 0 radical (unpaired) electrons. The summed E-state index contributed by atoms with van der Waals surface area (Å²) in [5.74, 6) is -0.106. The van der Waals surface area contributed by atoms with Gasteiger partial charge >= 0.3 is 0 Å². The van der Waals surface area contributed by atoms with Gasteiger partial charge in [-0.2, -0.15) is 0 Å². The van der Waals surface area contributed by atoms with E-state index in [9.17, 15) is 9.59 Å². The molecule has 0 saturated carbocycles. The van der Waals surface area contributed by atoms with Crippen molar-refractivity contribution in [3.63, 3.8) is 0 Å². The average Bonchev–Trinajstić information content (AvgIpc) is 2.51. The molecular weight excluding hydrogens is 288 g/mol. The predicted molar refractivity (Wildman–Crippen MR) is 82.9 cm³/mol. The minimum absolute atomic E-state index is 0.0340. The molecule has 0 spiro atoms. The fourth-order valence-electron chi connectivity index (χ4n) is 2.42. The highest BCUT2D eigenvalue weighted by molar-refractivity contribution is 6.30. The van der Waals surface area contributed by atoms with Crippen molar-refractivity contribution in [2.75, 3.05) is 6.54 Å². The molecule has 0 aromatic heterocycles. The Hall–Kier alpha value is -1.55. The number of carbonyl (C=O) groups is 2. The van der Waals surface area contributed by atoms with Crippen molar-refractivity contribution in [1.29, 1.82) is 0 Å². The summed E-state index contributed by atoms with van der Waals surface area (Å²) < 4.78 is 0. The number of rotatable bonds is 2. The lowest BCUT2D eigenvalue weighted by atomic mass is 9.86. The second-order valence-electron chi connectivity index (χ2n) is 6.51. The summed E-state index contributed by atoms with van der Waals surface area (Å²) in [6.07, 6.45) is 0.332. The largest absolute Gasteiger partial charge is 0.344 e. The first-order valence-corrected chi connectivity index (χ1v) is 7.48. The zero-order valence-corrected chi connectivity index (χ0v) is 13.4. The molecule has 1 saturated heterocycles. The van der Waals surface area contributed by atoms with E-state index < -0.39 is 6.04 Å². The second kappa shape index (κ2) is 6.06. The Labute approximate surface area is 130 Å². The molecule has 1 aromatic carbocycles. The topological polar surface area (TPSA) is 49.4 Å². The quantitative estimate of drug-likeness (QED) is 0.913. The van der Waals surface area contributed by atoms with Gasteiger partial charge in [0, 0.05) is 24.5 Å². The van der Waals surface area contributed by atoms with Gasteiger partial charge in [0.05, 0.1) is 0 Å². The fourth-order valence-corrected chi connectivity index (χ4v) is 2.64. The summed E-state index contributed by atoms with van der Waals surface area (Å²) in [7, 11) is 0. The Morgan fingerprint density at radius 2 is 2.05 bits per heavy atom. The number of hydrogen-bond acceptors (Lipinski definition) is 2. The van der Waals surface area contributed by atoms with Gasteiger partial charge in [0.25, 0.3) is 0 Å². The lowest BCUT2D eigenvalue weighted by Crippen LogP contribution is -2.51. The van der Waals surface area contributed by atoms with Crippen LogP contribution >= 0.6 is 11.6 Å². The first-order chi connectivity index (χ1) is 9.77. The molecule has 5 heteroatoms. The number of halogens is 1. The highest BCUT2D eigenvalue weighted by Gasteiger charge is 2.37. The van der Waals surface area contributed by atoms with Crippen molar-refractivity contribution in [2.24, 2.45) is 5.41 Å². The molecule has 2 amide bonds. The molecule has 4 nitrogen and oxygen atoms in total. The maximum Gasteiger partial charge on any atom is 0.246 e. The molecule has 1 aromatic rings. The van der Waals surface area contributed by atoms with Crippen LogP contribution in [0.4, 0.5) is 0 Å². The molecule has 0 aliphatic carbocycles. The number of hydrogen-bond donors (Lipinski definition) is 1. The molecule has 114 valence electrons. The summed E-state index contributed by atoms with van der Waals surface area (Å²) in [5, 5.41) is 3.49. The van der Waals surface area contributed by atoms with Gasteiger partial charge in [-0.25, -0.2) is 0 Å². The Morgan fingerprint density at radius 1 is 1.33 bits per heavy atom. The first kappa shape index (κ1) is 15.8. The summed E-state index contributed by atoms with van der Waals surface area (Å²) >= 11 is 5.99. The van der Waals surface area contributed by atoms with Crippen molar-refractivity contribution >= 4 is 23.4 Å². The van der Waals surface area contributed by atoms with Crippen LogP contribution in [0.25, 0.3) is 0 Å². The lowest BCUT2D eigenvalue weighted by molar-refractivity contribution is -0.136. The zero-order chi connectivity index (χ0) is 15.6. The van der Waals surface area contributed by atoms with E-state index in [1.807, 2.05) is 39.0 Å². The Balaban J connectivity index is 2.21. The Bertz CT molecular complexity index is 551. The van der Waals surface area contributed by atoms with Gasteiger partial charge in [0.1, 0.15) is 6.04 Å². The predicted octanol–water partition coefficient (Wildman–Crippen LogP) is 2.60. The van der Waals surface area contributed by atoms with Gasteiger partial charge in [-0.3, -0.25) is 9.59 Å². The smallest absolute Gasteiger partial charge is 0.246 e. The molecule has 1 unspecified atom stereocenters. The van der Waals surface area contributed by atoms with E-state index in [0.29, 0.717) is 24.5 Å². The van der Waals surface area contributed by atoms with Gasteiger partial charge in [-0.05, 0) is 23.1 Å².